The van der Waals surface area contributed by atoms with Gasteiger partial charge in [-0.05, 0) is 42.8 Å². The van der Waals surface area contributed by atoms with Crippen molar-refractivity contribution in [2.75, 3.05) is 11.9 Å². The Morgan fingerprint density at radius 1 is 1.11 bits per heavy atom. The Balaban J connectivity index is 1.90. The summed E-state index contributed by atoms with van der Waals surface area (Å²) >= 11 is 0. The van der Waals surface area contributed by atoms with E-state index in [1.165, 1.54) is 24.1 Å². The molecule has 5 nitrogen and oxygen atoms in total. The van der Waals surface area contributed by atoms with Crippen LogP contribution in [0.1, 0.15) is 21.6 Å². The summed E-state index contributed by atoms with van der Waals surface area (Å²) in [6, 6.07) is 8.00. The van der Waals surface area contributed by atoms with Crippen molar-refractivity contribution >= 4 is 11.6 Å². The molecule has 0 bridgehead atoms. The second-order valence-electron chi connectivity index (χ2n) is 6.17. The van der Waals surface area contributed by atoms with Crippen LogP contribution >= 0.6 is 0 Å². The quantitative estimate of drug-likeness (QED) is 0.694. The molecule has 0 atom stereocenters. The first-order chi connectivity index (χ1) is 12.7. The summed E-state index contributed by atoms with van der Waals surface area (Å²) in [6.07, 6.45) is -0.992. The van der Waals surface area contributed by atoms with E-state index < -0.39 is 17.6 Å². The van der Waals surface area contributed by atoms with Gasteiger partial charge >= 0.3 is 6.18 Å². The van der Waals surface area contributed by atoms with Crippen molar-refractivity contribution in [1.29, 1.82) is 0 Å². The first kappa shape index (κ1) is 18.6. The third-order valence-corrected chi connectivity index (χ3v) is 4.19. The number of aromatic nitrogens is 3. The number of benzene rings is 1. The Labute approximate surface area is 154 Å². The molecule has 0 saturated heterocycles. The van der Waals surface area contributed by atoms with E-state index >= 15 is 0 Å². The van der Waals surface area contributed by atoms with Crippen molar-refractivity contribution in [3.8, 4) is 11.3 Å². The SMILES string of the molecule is Cc1ccc(-c2cnn(C)c2)nc1C(=O)N(C)c1ccc(C(F)(F)F)cc1. The van der Waals surface area contributed by atoms with Crippen LogP contribution in [0.15, 0.2) is 48.8 Å². The fraction of sp³-hybridized carbons (Fsp3) is 0.211. The van der Waals surface area contributed by atoms with Gasteiger partial charge in [-0.25, -0.2) is 4.98 Å². The number of rotatable bonds is 3. The Bertz CT molecular complexity index is 977. The number of hydrogen-bond donors (Lipinski definition) is 0. The second-order valence-corrected chi connectivity index (χ2v) is 6.17. The highest BCUT2D eigenvalue weighted by Gasteiger charge is 2.30. The summed E-state index contributed by atoms with van der Waals surface area (Å²) in [4.78, 5) is 18.6. The summed E-state index contributed by atoms with van der Waals surface area (Å²) < 4.78 is 39.8. The van der Waals surface area contributed by atoms with Crippen molar-refractivity contribution in [1.82, 2.24) is 14.8 Å². The van der Waals surface area contributed by atoms with Gasteiger partial charge in [0.15, 0.2) is 0 Å². The number of carbonyl (C=O) groups excluding carboxylic acids is 1. The molecular weight excluding hydrogens is 357 g/mol. The van der Waals surface area contributed by atoms with Gasteiger partial charge < -0.3 is 4.90 Å². The molecule has 8 heteroatoms. The highest BCUT2D eigenvalue weighted by molar-refractivity contribution is 6.05. The molecule has 2 aromatic heterocycles. The molecule has 0 N–H and O–H groups in total. The lowest BCUT2D eigenvalue weighted by atomic mass is 10.1. The highest BCUT2D eigenvalue weighted by atomic mass is 19.4. The fourth-order valence-electron chi connectivity index (χ4n) is 2.61. The second kappa shape index (κ2) is 6.86. The predicted octanol–water partition coefficient (Wildman–Crippen LogP) is 4.09. The van der Waals surface area contributed by atoms with E-state index in [9.17, 15) is 18.0 Å². The molecule has 0 radical (unpaired) electrons. The summed E-state index contributed by atoms with van der Waals surface area (Å²) in [5.41, 5.74) is 1.85. The first-order valence-corrected chi connectivity index (χ1v) is 8.09. The minimum atomic E-state index is -4.42. The number of aryl methyl sites for hydroxylation is 2. The number of anilines is 1. The van der Waals surface area contributed by atoms with Gasteiger partial charge in [0.05, 0.1) is 17.5 Å². The van der Waals surface area contributed by atoms with Crippen molar-refractivity contribution in [2.24, 2.45) is 7.05 Å². The van der Waals surface area contributed by atoms with Gasteiger partial charge in [0.1, 0.15) is 5.69 Å². The standard InChI is InChI=1S/C19H17F3N4O/c1-12-4-9-16(13-10-23-25(2)11-13)24-17(12)18(27)26(3)15-7-5-14(6-8-15)19(20,21)22/h4-11H,1-3H3. The van der Waals surface area contributed by atoms with Crippen molar-refractivity contribution in [2.45, 2.75) is 13.1 Å². The number of nitrogens with zero attached hydrogens (tertiary/aromatic N) is 4. The molecule has 0 aliphatic rings. The zero-order valence-electron chi connectivity index (χ0n) is 14.9. The van der Waals surface area contributed by atoms with E-state index in [0.29, 0.717) is 16.9 Å². The fourth-order valence-corrected chi connectivity index (χ4v) is 2.61. The van der Waals surface area contributed by atoms with Gasteiger partial charge in [0.25, 0.3) is 5.91 Å². The molecule has 0 aliphatic carbocycles. The van der Waals surface area contributed by atoms with E-state index in [4.69, 9.17) is 0 Å². The lowest BCUT2D eigenvalue weighted by Crippen LogP contribution is -2.28. The van der Waals surface area contributed by atoms with Crippen LogP contribution in [0.4, 0.5) is 18.9 Å². The van der Waals surface area contributed by atoms with E-state index in [-0.39, 0.29) is 5.69 Å². The number of halogens is 3. The molecule has 0 unspecified atom stereocenters. The number of hydrogen-bond acceptors (Lipinski definition) is 3. The Morgan fingerprint density at radius 3 is 2.33 bits per heavy atom. The summed E-state index contributed by atoms with van der Waals surface area (Å²) in [5.74, 6) is -0.405. The molecule has 3 rings (SSSR count). The van der Waals surface area contributed by atoms with Crippen molar-refractivity contribution in [3.63, 3.8) is 0 Å². The summed E-state index contributed by atoms with van der Waals surface area (Å²) in [6.45, 7) is 1.76. The van der Waals surface area contributed by atoms with Crippen LogP contribution in [0.2, 0.25) is 0 Å². The van der Waals surface area contributed by atoms with Gasteiger partial charge in [0.2, 0.25) is 0 Å². The molecule has 0 spiro atoms. The van der Waals surface area contributed by atoms with E-state index in [1.54, 1.807) is 43.2 Å². The number of alkyl halides is 3. The van der Waals surface area contributed by atoms with Crippen LogP contribution in [0.3, 0.4) is 0 Å². The molecule has 3 aromatic rings. The predicted molar refractivity (Wildman–Crippen MR) is 95.4 cm³/mol. The van der Waals surface area contributed by atoms with Crippen molar-refractivity contribution in [3.05, 3.63) is 65.6 Å². The molecule has 0 fully saturated rings. The minimum Gasteiger partial charge on any atom is -0.310 e. The average Bonchev–Trinajstić information content (AvgIpc) is 3.06. The zero-order valence-corrected chi connectivity index (χ0v) is 14.9. The first-order valence-electron chi connectivity index (χ1n) is 8.09. The van der Waals surface area contributed by atoms with Crippen LogP contribution in [0, 0.1) is 6.92 Å². The van der Waals surface area contributed by atoms with Crippen LogP contribution in [0.25, 0.3) is 11.3 Å². The van der Waals surface area contributed by atoms with E-state index in [2.05, 4.69) is 10.1 Å². The maximum Gasteiger partial charge on any atom is 0.416 e. The number of pyridine rings is 1. The molecule has 27 heavy (non-hydrogen) atoms. The van der Waals surface area contributed by atoms with Gasteiger partial charge in [0, 0.05) is 31.5 Å². The number of amides is 1. The van der Waals surface area contributed by atoms with Gasteiger partial charge in [-0.15, -0.1) is 0 Å². The minimum absolute atomic E-state index is 0.235. The third kappa shape index (κ3) is 3.84. The lowest BCUT2D eigenvalue weighted by Gasteiger charge is -2.19. The van der Waals surface area contributed by atoms with Crippen LogP contribution in [0.5, 0.6) is 0 Å². The van der Waals surface area contributed by atoms with Gasteiger partial charge in [-0.3, -0.25) is 9.48 Å². The molecule has 0 aliphatic heterocycles. The molecular formula is C19H17F3N4O. The summed E-state index contributed by atoms with van der Waals surface area (Å²) in [5, 5.41) is 4.09. The normalized spacial score (nSPS) is 11.5. The topological polar surface area (TPSA) is 51.0 Å². The molecule has 1 aromatic carbocycles. The van der Waals surface area contributed by atoms with Crippen LogP contribution < -0.4 is 4.90 Å². The summed E-state index contributed by atoms with van der Waals surface area (Å²) in [7, 11) is 3.28. The lowest BCUT2D eigenvalue weighted by molar-refractivity contribution is -0.137. The maximum absolute atomic E-state index is 12.9. The molecule has 0 saturated carbocycles. The molecule has 2 heterocycles. The Kier molecular flexibility index (Phi) is 4.73. The molecule has 1 amide bonds. The Morgan fingerprint density at radius 2 is 1.78 bits per heavy atom. The van der Waals surface area contributed by atoms with Crippen LogP contribution in [-0.4, -0.2) is 27.7 Å². The molecule has 140 valence electrons. The van der Waals surface area contributed by atoms with Crippen LogP contribution in [-0.2, 0) is 13.2 Å². The highest BCUT2D eigenvalue weighted by Crippen LogP contribution is 2.30. The zero-order chi connectivity index (χ0) is 19.8. The van der Waals surface area contributed by atoms with Crippen molar-refractivity contribution < 1.29 is 18.0 Å². The largest absolute Gasteiger partial charge is 0.416 e. The average molecular weight is 374 g/mol. The van der Waals surface area contributed by atoms with Gasteiger partial charge in [-0.1, -0.05) is 6.07 Å². The maximum atomic E-state index is 12.9. The van der Waals surface area contributed by atoms with E-state index in [0.717, 1.165) is 17.7 Å². The smallest absolute Gasteiger partial charge is 0.310 e. The Hall–Kier alpha value is -3.16. The van der Waals surface area contributed by atoms with E-state index in [1.807, 2.05) is 0 Å². The third-order valence-electron chi connectivity index (χ3n) is 4.19. The van der Waals surface area contributed by atoms with Gasteiger partial charge in [-0.2, -0.15) is 18.3 Å². The monoisotopic (exact) mass is 374 g/mol. The number of carbonyl (C=O) groups is 1.